The molecule has 1 atom stereocenters. The Kier molecular flexibility index (Phi) is 6.93. The standard InChI is InChI=1S/C22H25N3O3S/c1-15(2)28-19-12-9-17(10-13-19)11-14-20-23-24-22(29-16(3)21(26)27)25(20)18-7-5-4-6-8-18/h4-10,12-13,15-16H,11,14H2,1-3H3,(H,26,27)/t16-/m0/s1. The van der Waals surface area contributed by atoms with Crippen LogP contribution < -0.4 is 4.74 Å². The molecule has 6 nitrogen and oxygen atoms in total. The number of carboxylic acids is 1. The van der Waals surface area contributed by atoms with E-state index in [2.05, 4.69) is 22.3 Å². The largest absolute Gasteiger partial charge is 0.491 e. The van der Waals surface area contributed by atoms with E-state index >= 15 is 0 Å². The Morgan fingerprint density at radius 2 is 1.72 bits per heavy atom. The number of aliphatic carboxylic acids is 1. The van der Waals surface area contributed by atoms with Gasteiger partial charge in [-0.2, -0.15) is 0 Å². The number of ether oxygens (including phenoxy) is 1. The second-order valence-corrected chi connectivity index (χ2v) is 8.29. The molecule has 1 heterocycles. The zero-order chi connectivity index (χ0) is 20.8. The van der Waals surface area contributed by atoms with Crippen molar-refractivity contribution in [2.45, 2.75) is 50.1 Å². The number of carboxylic acid groups (broad SMARTS) is 1. The fourth-order valence-electron chi connectivity index (χ4n) is 2.85. The molecule has 0 saturated heterocycles. The fraction of sp³-hybridized carbons (Fsp3) is 0.318. The summed E-state index contributed by atoms with van der Waals surface area (Å²) >= 11 is 1.20. The van der Waals surface area contributed by atoms with Gasteiger partial charge in [-0.25, -0.2) is 0 Å². The molecule has 2 aromatic carbocycles. The summed E-state index contributed by atoms with van der Waals surface area (Å²) in [6.07, 6.45) is 1.63. The van der Waals surface area contributed by atoms with Gasteiger partial charge < -0.3 is 9.84 Å². The third-order valence-electron chi connectivity index (χ3n) is 4.28. The molecule has 0 aliphatic carbocycles. The van der Waals surface area contributed by atoms with Crippen LogP contribution in [0.3, 0.4) is 0 Å². The third-order valence-corrected chi connectivity index (χ3v) is 5.31. The fourth-order valence-corrected chi connectivity index (χ4v) is 3.67. The van der Waals surface area contributed by atoms with Gasteiger partial charge in [-0.3, -0.25) is 9.36 Å². The maximum absolute atomic E-state index is 11.3. The second-order valence-electron chi connectivity index (χ2n) is 6.98. The summed E-state index contributed by atoms with van der Waals surface area (Å²) in [5.74, 6) is 0.791. The van der Waals surface area contributed by atoms with E-state index in [0.29, 0.717) is 11.6 Å². The number of para-hydroxylation sites is 1. The van der Waals surface area contributed by atoms with Crippen LogP contribution in [0.4, 0.5) is 0 Å². The maximum atomic E-state index is 11.3. The lowest BCUT2D eigenvalue weighted by Gasteiger charge is -2.12. The predicted molar refractivity (Wildman–Crippen MR) is 114 cm³/mol. The quantitative estimate of drug-likeness (QED) is 0.526. The highest BCUT2D eigenvalue weighted by Crippen LogP contribution is 2.26. The van der Waals surface area contributed by atoms with E-state index in [-0.39, 0.29) is 6.10 Å². The number of thioether (sulfide) groups is 1. The highest BCUT2D eigenvalue weighted by molar-refractivity contribution is 8.00. The molecule has 0 unspecified atom stereocenters. The molecule has 0 saturated carbocycles. The van der Waals surface area contributed by atoms with Crippen LogP contribution in [0.1, 0.15) is 32.2 Å². The summed E-state index contributed by atoms with van der Waals surface area (Å²) in [5.41, 5.74) is 2.10. The van der Waals surface area contributed by atoms with Gasteiger partial charge in [-0.15, -0.1) is 10.2 Å². The summed E-state index contributed by atoms with van der Waals surface area (Å²) in [6, 6.07) is 17.9. The molecular weight excluding hydrogens is 386 g/mol. The van der Waals surface area contributed by atoms with Crippen LogP contribution in [0.2, 0.25) is 0 Å². The van der Waals surface area contributed by atoms with E-state index in [1.807, 2.05) is 60.9 Å². The van der Waals surface area contributed by atoms with Crippen molar-refractivity contribution >= 4 is 17.7 Å². The molecule has 0 bridgehead atoms. The van der Waals surface area contributed by atoms with Crippen LogP contribution in [-0.2, 0) is 17.6 Å². The molecule has 152 valence electrons. The van der Waals surface area contributed by atoms with Crippen molar-refractivity contribution in [2.75, 3.05) is 0 Å². The van der Waals surface area contributed by atoms with Crippen molar-refractivity contribution in [3.63, 3.8) is 0 Å². The highest BCUT2D eigenvalue weighted by Gasteiger charge is 2.20. The lowest BCUT2D eigenvalue weighted by molar-refractivity contribution is -0.136. The SMILES string of the molecule is CC(C)Oc1ccc(CCc2nnc(S[C@@H](C)C(=O)O)n2-c2ccccc2)cc1. The van der Waals surface area contributed by atoms with Crippen LogP contribution in [-0.4, -0.2) is 37.2 Å². The molecule has 0 spiro atoms. The topological polar surface area (TPSA) is 77.2 Å². The van der Waals surface area contributed by atoms with Gasteiger partial charge in [0.25, 0.3) is 0 Å². The molecule has 0 amide bonds. The molecular formula is C22H25N3O3S. The van der Waals surface area contributed by atoms with Crippen LogP contribution >= 0.6 is 11.8 Å². The number of rotatable bonds is 9. The van der Waals surface area contributed by atoms with Gasteiger partial charge in [0.05, 0.1) is 6.10 Å². The molecule has 1 N–H and O–H groups in total. The van der Waals surface area contributed by atoms with Crippen molar-refractivity contribution in [1.29, 1.82) is 0 Å². The molecule has 3 rings (SSSR count). The molecule has 29 heavy (non-hydrogen) atoms. The Morgan fingerprint density at radius 3 is 2.34 bits per heavy atom. The first kappa shape index (κ1) is 20.9. The summed E-state index contributed by atoms with van der Waals surface area (Å²) in [7, 11) is 0. The number of hydrogen-bond acceptors (Lipinski definition) is 5. The zero-order valence-corrected chi connectivity index (χ0v) is 17.6. The van der Waals surface area contributed by atoms with Crippen LogP contribution in [0, 0.1) is 0 Å². The van der Waals surface area contributed by atoms with Crippen LogP contribution in [0.15, 0.2) is 59.8 Å². The van der Waals surface area contributed by atoms with Gasteiger partial charge in [-0.05, 0) is 57.0 Å². The van der Waals surface area contributed by atoms with Gasteiger partial charge in [0.1, 0.15) is 16.8 Å². The lowest BCUT2D eigenvalue weighted by Crippen LogP contribution is -2.13. The Labute approximate surface area is 174 Å². The summed E-state index contributed by atoms with van der Waals surface area (Å²) in [4.78, 5) is 11.3. The highest BCUT2D eigenvalue weighted by atomic mass is 32.2. The number of carbonyl (C=O) groups is 1. The van der Waals surface area contributed by atoms with Gasteiger partial charge >= 0.3 is 5.97 Å². The summed E-state index contributed by atoms with van der Waals surface area (Å²) < 4.78 is 7.64. The first-order valence-corrected chi connectivity index (χ1v) is 10.5. The molecule has 1 aromatic heterocycles. The Bertz CT molecular complexity index is 940. The molecule has 0 fully saturated rings. The van der Waals surface area contributed by atoms with Crippen molar-refractivity contribution in [3.8, 4) is 11.4 Å². The number of nitrogens with zero attached hydrogens (tertiary/aromatic N) is 3. The second kappa shape index (κ2) is 9.60. The van der Waals surface area contributed by atoms with Crippen LogP contribution in [0.5, 0.6) is 5.75 Å². The third kappa shape index (κ3) is 5.60. The van der Waals surface area contributed by atoms with Crippen molar-refractivity contribution < 1.29 is 14.6 Å². The van der Waals surface area contributed by atoms with E-state index in [1.54, 1.807) is 6.92 Å². The average molecular weight is 412 g/mol. The van der Waals surface area contributed by atoms with Gasteiger partial charge in [0.15, 0.2) is 5.16 Å². The first-order valence-electron chi connectivity index (χ1n) is 9.59. The summed E-state index contributed by atoms with van der Waals surface area (Å²) in [6.45, 7) is 5.66. The van der Waals surface area contributed by atoms with E-state index in [9.17, 15) is 9.90 Å². The molecule has 3 aromatic rings. The minimum atomic E-state index is -0.872. The average Bonchev–Trinajstić information content (AvgIpc) is 3.10. The van der Waals surface area contributed by atoms with E-state index in [0.717, 1.165) is 23.7 Å². The first-order chi connectivity index (χ1) is 13.9. The lowest BCUT2D eigenvalue weighted by atomic mass is 10.1. The smallest absolute Gasteiger partial charge is 0.316 e. The van der Waals surface area contributed by atoms with E-state index in [4.69, 9.17) is 4.74 Å². The van der Waals surface area contributed by atoms with Gasteiger partial charge in [0, 0.05) is 12.1 Å². The number of hydrogen-bond donors (Lipinski definition) is 1. The van der Waals surface area contributed by atoms with Crippen molar-refractivity contribution in [1.82, 2.24) is 14.8 Å². The Balaban J connectivity index is 1.80. The maximum Gasteiger partial charge on any atom is 0.316 e. The number of benzene rings is 2. The minimum absolute atomic E-state index is 0.148. The Morgan fingerprint density at radius 1 is 1.03 bits per heavy atom. The monoisotopic (exact) mass is 411 g/mol. The number of aryl methyl sites for hydroxylation is 2. The molecule has 7 heteroatoms. The molecule has 0 aliphatic rings. The minimum Gasteiger partial charge on any atom is -0.491 e. The van der Waals surface area contributed by atoms with E-state index < -0.39 is 11.2 Å². The van der Waals surface area contributed by atoms with Crippen LogP contribution in [0.25, 0.3) is 5.69 Å². The van der Waals surface area contributed by atoms with E-state index in [1.165, 1.54) is 17.3 Å². The normalized spacial score (nSPS) is 12.1. The van der Waals surface area contributed by atoms with Crippen molar-refractivity contribution in [2.24, 2.45) is 0 Å². The Hall–Kier alpha value is -2.80. The number of aromatic nitrogens is 3. The summed E-state index contributed by atoms with van der Waals surface area (Å²) in [5, 5.41) is 17.8. The van der Waals surface area contributed by atoms with Gasteiger partial charge in [-0.1, -0.05) is 42.1 Å². The van der Waals surface area contributed by atoms with Crippen molar-refractivity contribution in [3.05, 3.63) is 66.0 Å². The molecule has 0 aliphatic heterocycles. The predicted octanol–water partition coefficient (Wildman–Crippen LogP) is 4.40. The molecule has 0 radical (unpaired) electrons. The zero-order valence-electron chi connectivity index (χ0n) is 16.8. The van der Waals surface area contributed by atoms with Gasteiger partial charge in [0.2, 0.25) is 0 Å².